The molecule has 7 heteroatoms. The molecule has 0 amide bonds. The topological polar surface area (TPSA) is 42.7 Å². The molecule has 0 spiro atoms. The van der Waals surface area contributed by atoms with Crippen LogP contribution in [0.5, 0.6) is 0 Å². The van der Waals surface area contributed by atoms with E-state index in [-0.39, 0.29) is 5.82 Å². The van der Waals surface area contributed by atoms with E-state index in [1.54, 1.807) is 10.9 Å². The Kier molecular flexibility index (Phi) is 3.73. The van der Waals surface area contributed by atoms with Crippen LogP contribution in [0.2, 0.25) is 0 Å². The van der Waals surface area contributed by atoms with E-state index in [1.807, 2.05) is 13.1 Å². The predicted molar refractivity (Wildman–Crippen MR) is 64.7 cm³/mol. The third-order valence-electron chi connectivity index (χ3n) is 2.45. The zero-order chi connectivity index (χ0) is 13.9. The van der Waals surface area contributed by atoms with Crippen LogP contribution in [0, 0.1) is 6.92 Å². The van der Waals surface area contributed by atoms with E-state index < -0.39 is 11.9 Å². The van der Waals surface area contributed by atoms with Crippen LogP contribution in [0.25, 0.3) is 0 Å². The second-order valence-corrected chi connectivity index (χ2v) is 4.11. The van der Waals surface area contributed by atoms with Crippen LogP contribution in [0.3, 0.4) is 0 Å². The summed E-state index contributed by atoms with van der Waals surface area (Å²) in [5, 5.41) is 6.92. The average Bonchev–Trinajstić information content (AvgIpc) is 2.74. The van der Waals surface area contributed by atoms with Crippen molar-refractivity contribution in [1.82, 2.24) is 14.8 Å². The molecule has 1 N–H and O–H groups in total. The number of rotatable bonds is 4. The molecule has 0 saturated carbocycles. The van der Waals surface area contributed by atoms with Gasteiger partial charge in [-0.25, -0.2) is 4.98 Å². The third kappa shape index (κ3) is 3.70. The first-order valence-electron chi connectivity index (χ1n) is 5.72. The van der Waals surface area contributed by atoms with E-state index in [1.165, 1.54) is 12.1 Å². The maximum atomic E-state index is 12.5. The molecular formula is C12H13F3N4. The van der Waals surface area contributed by atoms with E-state index in [4.69, 9.17) is 0 Å². The number of aryl methyl sites for hydroxylation is 1. The van der Waals surface area contributed by atoms with Gasteiger partial charge >= 0.3 is 6.18 Å². The Labute approximate surface area is 108 Å². The molecular weight excluding hydrogens is 257 g/mol. The monoisotopic (exact) mass is 270 g/mol. The SMILES string of the molecule is Cc1cnn(CCNc2cccc(C(F)(F)F)n2)c1. The summed E-state index contributed by atoms with van der Waals surface area (Å²) in [6.07, 6.45) is -0.833. The van der Waals surface area contributed by atoms with Gasteiger partial charge < -0.3 is 5.32 Å². The molecule has 2 heterocycles. The van der Waals surface area contributed by atoms with Crippen molar-refractivity contribution in [2.75, 3.05) is 11.9 Å². The van der Waals surface area contributed by atoms with Crippen LogP contribution in [0.15, 0.2) is 30.6 Å². The maximum Gasteiger partial charge on any atom is 0.433 e. The first kappa shape index (κ1) is 13.4. The lowest BCUT2D eigenvalue weighted by Crippen LogP contribution is -2.14. The molecule has 0 bridgehead atoms. The Morgan fingerprint density at radius 2 is 2.11 bits per heavy atom. The Balaban J connectivity index is 1.93. The van der Waals surface area contributed by atoms with E-state index in [2.05, 4.69) is 15.4 Å². The molecule has 0 fully saturated rings. The van der Waals surface area contributed by atoms with Crippen molar-refractivity contribution in [3.05, 3.63) is 41.9 Å². The molecule has 2 rings (SSSR count). The summed E-state index contributed by atoms with van der Waals surface area (Å²) in [6.45, 7) is 2.94. The number of hydrogen-bond acceptors (Lipinski definition) is 3. The normalized spacial score (nSPS) is 11.6. The minimum absolute atomic E-state index is 0.207. The molecule has 0 aromatic carbocycles. The smallest absolute Gasteiger partial charge is 0.368 e. The molecule has 0 saturated heterocycles. The summed E-state index contributed by atoms with van der Waals surface area (Å²) in [5.41, 5.74) is 0.143. The van der Waals surface area contributed by atoms with Crippen LogP contribution in [-0.2, 0) is 12.7 Å². The quantitative estimate of drug-likeness (QED) is 0.928. The standard InChI is InChI=1S/C12H13F3N4/c1-9-7-17-19(8-9)6-5-16-11-4-2-3-10(18-11)12(13,14)15/h2-4,7-8H,5-6H2,1H3,(H,16,18). The summed E-state index contributed by atoms with van der Waals surface area (Å²) in [6, 6.07) is 3.78. The van der Waals surface area contributed by atoms with Gasteiger partial charge in [-0.05, 0) is 24.6 Å². The fourth-order valence-electron chi connectivity index (χ4n) is 1.58. The minimum atomic E-state index is -4.42. The van der Waals surface area contributed by atoms with Gasteiger partial charge in [-0.3, -0.25) is 4.68 Å². The lowest BCUT2D eigenvalue weighted by molar-refractivity contribution is -0.141. The minimum Gasteiger partial charge on any atom is -0.368 e. The molecule has 102 valence electrons. The molecule has 0 aliphatic rings. The lowest BCUT2D eigenvalue weighted by atomic mass is 10.3. The number of alkyl halides is 3. The van der Waals surface area contributed by atoms with Gasteiger partial charge in [-0.15, -0.1) is 0 Å². The Hall–Kier alpha value is -2.05. The van der Waals surface area contributed by atoms with E-state index >= 15 is 0 Å². The summed E-state index contributed by atoms with van der Waals surface area (Å²) < 4.78 is 39.1. The van der Waals surface area contributed by atoms with Crippen molar-refractivity contribution >= 4 is 5.82 Å². The van der Waals surface area contributed by atoms with E-state index in [0.717, 1.165) is 11.6 Å². The molecule has 4 nitrogen and oxygen atoms in total. The van der Waals surface area contributed by atoms with Gasteiger partial charge in [0.1, 0.15) is 11.5 Å². The average molecular weight is 270 g/mol. The molecule has 0 atom stereocenters. The number of hydrogen-bond donors (Lipinski definition) is 1. The number of anilines is 1. The van der Waals surface area contributed by atoms with Crippen molar-refractivity contribution in [2.45, 2.75) is 19.6 Å². The van der Waals surface area contributed by atoms with Gasteiger partial charge in [0.05, 0.1) is 12.7 Å². The molecule has 19 heavy (non-hydrogen) atoms. The number of aromatic nitrogens is 3. The molecule has 0 radical (unpaired) electrons. The highest BCUT2D eigenvalue weighted by molar-refractivity contribution is 5.35. The molecule has 0 aliphatic heterocycles. The molecule has 2 aromatic heterocycles. The van der Waals surface area contributed by atoms with E-state index in [0.29, 0.717) is 13.1 Å². The fraction of sp³-hybridized carbons (Fsp3) is 0.333. The third-order valence-corrected chi connectivity index (χ3v) is 2.45. The van der Waals surface area contributed by atoms with Crippen molar-refractivity contribution in [3.63, 3.8) is 0 Å². The first-order valence-corrected chi connectivity index (χ1v) is 5.72. The van der Waals surface area contributed by atoms with Crippen LogP contribution >= 0.6 is 0 Å². The molecule has 0 unspecified atom stereocenters. The molecule has 2 aromatic rings. The van der Waals surface area contributed by atoms with Gasteiger partial charge in [0.25, 0.3) is 0 Å². The van der Waals surface area contributed by atoms with E-state index in [9.17, 15) is 13.2 Å². The largest absolute Gasteiger partial charge is 0.433 e. The second kappa shape index (κ2) is 5.29. The van der Waals surface area contributed by atoms with Crippen molar-refractivity contribution < 1.29 is 13.2 Å². The van der Waals surface area contributed by atoms with Crippen LogP contribution in [0.4, 0.5) is 19.0 Å². The number of nitrogens with zero attached hydrogens (tertiary/aromatic N) is 3. The highest BCUT2D eigenvalue weighted by atomic mass is 19.4. The maximum absolute atomic E-state index is 12.5. The summed E-state index contributed by atoms with van der Waals surface area (Å²) in [4.78, 5) is 3.51. The zero-order valence-corrected chi connectivity index (χ0v) is 10.3. The Bertz CT molecular complexity index is 548. The number of nitrogens with one attached hydrogen (secondary N) is 1. The van der Waals surface area contributed by atoms with Crippen molar-refractivity contribution in [1.29, 1.82) is 0 Å². The van der Waals surface area contributed by atoms with Gasteiger partial charge in [-0.1, -0.05) is 6.07 Å². The number of halogens is 3. The van der Waals surface area contributed by atoms with Crippen molar-refractivity contribution in [2.24, 2.45) is 0 Å². The van der Waals surface area contributed by atoms with Crippen LogP contribution in [0.1, 0.15) is 11.3 Å². The Morgan fingerprint density at radius 3 is 2.74 bits per heavy atom. The summed E-state index contributed by atoms with van der Waals surface area (Å²) in [7, 11) is 0. The molecule has 0 aliphatic carbocycles. The van der Waals surface area contributed by atoms with Gasteiger partial charge in [-0.2, -0.15) is 18.3 Å². The van der Waals surface area contributed by atoms with Gasteiger partial charge in [0.15, 0.2) is 0 Å². The summed E-state index contributed by atoms with van der Waals surface area (Å²) in [5.74, 6) is 0.207. The number of pyridine rings is 1. The predicted octanol–water partition coefficient (Wildman–Crippen LogP) is 2.72. The summed E-state index contributed by atoms with van der Waals surface area (Å²) >= 11 is 0. The second-order valence-electron chi connectivity index (χ2n) is 4.11. The van der Waals surface area contributed by atoms with Crippen molar-refractivity contribution in [3.8, 4) is 0 Å². The lowest BCUT2D eigenvalue weighted by Gasteiger charge is -2.09. The van der Waals surface area contributed by atoms with Gasteiger partial charge in [0, 0.05) is 12.7 Å². The first-order chi connectivity index (χ1) is 8.95. The Morgan fingerprint density at radius 1 is 1.32 bits per heavy atom. The zero-order valence-electron chi connectivity index (χ0n) is 10.3. The van der Waals surface area contributed by atoms with Crippen LogP contribution in [-0.4, -0.2) is 21.3 Å². The highest BCUT2D eigenvalue weighted by Gasteiger charge is 2.32. The fourth-order valence-corrected chi connectivity index (χ4v) is 1.58. The van der Waals surface area contributed by atoms with Crippen LogP contribution < -0.4 is 5.32 Å². The van der Waals surface area contributed by atoms with Gasteiger partial charge in [0.2, 0.25) is 0 Å². The highest BCUT2D eigenvalue weighted by Crippen LogP contribution is 2.27.